The summed E-state index contributed by atoms with van der Waals surface area (Å²) in [7, 11) is 0. The van der Waals surface area contributed by atoms with Crippen LogP contribution in [-0.4, -0.2) is 97.9 Å². The summed E-state index contributed by atoms with van der Waals surface area (Å²) in [5.41, 5.74) is 0.687. The second-order valence-corrected chi connectivity index (χ2v) is 10.1. The van der Waals surface area contributed by atoms with Gasteiger partial charge in [-0.05, 0) is 83.7 Å². The maximum atomic E-state index is 12.7. The van der Waals surface area contributed by atoms with Gasteiger partial charge in [0.2, 0.25) is 0 Å². The molecule has 3 fully saturated rings. The predicted octanol–water partition coefficient (Wildman–Crippen LogP) is 1.78. The number of likely N-dealkylation sites (tertiary alicyclic amines) is 1. The molecule has 0 aromatic carbocycles. The molecule has 32 heavy (non-hydrogen) atoms. The zero-order valence-corrected chi connectivity index (χ0v) is 20.1. The highest BCUT2D eigenvalue weighted by Gasteiger charge is 2.29. The summed E-state index contributed by atoms with van der Waals surface area (Å²) in [6.07, 6.45) is 12.1. The van der Waals surface area contributed by atoms with E-state index in [4.69, 9.17) is 4.74 Å². The van der Waals surface area contributed by atoms with Crippen LogP contribution in [0.15, 0.2) is 23.9 Å². The largest absolute Gasteiger partial charge is 0.381 e. The Bertz CT molecular complexity index is 665. The molecule has 0 bridgehead atoms. The molecule has 3 saturated heterocycles. The van der Waals surface area contributed by atoms with Gasteiger partial charge in [-0.1, -0.05) is 6.08 Å². The summed E-state index contributed by atoms with van der Waals surface area (Å²) in [6.45, 7) is 13.9. The van der Waals surface area contributed by atoms with Gasteiger partial charge >= 0.3 is 0 Å². The van der Waals surface area contributed by atoms with Crippen molar-refractivity contribution in [3.63, 3.8) is 0 Å². The quantitative estimate of drug-likeness (QED) is 0.650. The van der Waals surface area contributed by atoms with Crippen LogP contribution in [0.5, 0.6) is 0 Å². The van der Waals surface area contributed by atoms with E-state index >= 15 is 0 Å². The topological polar surface area (TPSA) is 60.1 Å². The van der Waals surface area contributed by atoms with Crippen molar-refractivity contribution in [2.45, 2.75) is 64.2 Å². The second-order valence-electron chi connectivity index (χ2n) is 10.1. The second kappa shape index (κ2) is 11.6. The maximum Gasteiger partial charge on any atom is 0.267 e. The van der Waals surface area contributed by atoms with Gasteiger partial charge in [-0.15, -0.1) is 0 Å². The van der Waals surface area contributed by atoms with Crippen molar-refractivity contribution in [1.29, 1.82) is 0 Å². The van der Waals surface area contributed by atoms with E-state index in [0.29, 0.717) is 17.7 Å². The number of hydrogen-bond donors (Lipinski definition) is 2. The molecule has 7 heteroatoms. The van der Waals surface area contributed by atoms with Crippen LogP contribution in [0.1, 0.15) is 46.0 Å². The molecule has 4 aliphatic rings. The van der Waals surface area contributed by atoms with E-state index in [1.165, 1.54) is 38.9 Å². The fraction of sp³-hybridized carbons (Fsp3) is 0.800. The maximum absolute atomic E-state index is 12.7. The van der Waals surface area contributed by atoms with Crippen LogP contribution in [0.4, 0.5) is 0 Å². The number of dihydropyridines is 1. The molecular formula is C25H43N5O2. The highest BCUT2D eigenvalue weighted by atomic mass is 16.5. The van der Waals surface area contributed by atoms with E-state index in [0.717, 1.165) is 58.3 Å². The highest BCUT2D eigenvalue weighted by molar-refractivity contribution is 5.93. The Hall–Kier alpha value is -1.41. The zero-order valence-electron chi connectivity index (χ0n) is 20.1. The van der Waals surface area contributed by atoms with Crippen molar-refractivity contribution in [2.24, 2.45) is 5.92 Å². The monoisotopic (exact) mass is 445 g/mol. The van der Waals surface area contributed by atoms with Crippen LogP contribution < -0.4 is 10.6 Å². The predicted molar refractivity (Wildman–Crippen MR) is 128 cm³/mol. The molecule has 180 valence electrons. The first-order chi connectivity index (χ1) is 15.6. The van der Waals surface area contributed by atoms with Crippen molar-refractivity contribution in [2.75, 3.05) is 59.0 Å². The van der Waals surface area contributed by atoms with Crippen LogP contribution >= 0.6 is 0 Å². The molecule has 0 radical (unpaired) electrons. The third kappa shape index (κ3) is 6.34. The molecule has 4 aliphatic heterocycles. The molecule has 0 aromatic rings. The van der Waals surface area contributed by atoms with Gasteiger partial charge in [-0.25, -0.2) is 0 Å². The minimum Gasteiger partial charge on any atom is -0.381 e. The number of amides is 1. The summed E-state index contributed by atoms with van der Waals surface area (Å²) in [5, 5.41) is 6.62. The first kappa shape index (κ1) is 23.7. The molecule has 4 heterocycles. The van der Waals surface area contributed by atoms with E-state index < -0.39 is 0 Å². The third-order valence-corrected chi connectivity index (χ3v) is 7.70. The van der Waals surface area contributed by atoms with E-state index in [2.05, 4.69) is 45.3 Å². The van der Waals surface area contributed by atoms with Crippen LogP contribution in [0.25, 0.3) is 0 Å². The lowest BCUT2D eigenvalue weighted by molar-refractivity contribution is -0.118. The Morgan fingerprint density at radius 2 is 1.78 bits per heavy atom. The van der Waals surface area contributed by atoms with Gasteiger partial charge in [0.15, 0.2) is 0 Å². The average molecular weight is 446 g/mol. The summed E-state index contributed by atoms with van der Waals surface area (Å²) in [5.74, 6) is 0.548. The smallest absolute Gasteiger partial charge is 0.267 e. The number of allylic oxidation sites excluding steroid dienone is 2. The summed E-state index contributed by atoms with van der Waals surface area (Å²) >= 11 is 0. The van der Waals surface area contributed by atoms with E-state index in [1.54, 1.807) is 0 Å². The fourth-order valence-electron chi connectivity index (χ4n) is 5.52. The van der Waals surface area contributed by atoms with Gasteiger partial charge in [0.05, 0.1) is 6.17 Å². The van der Waals surface area contributed by atoms with Crippen LogP contribution in [-0.2, 0) is 9.53 Å². The van der Waals surface area contributed by atoms with Crippen molar-refractivity contribution >= 4 is 5.91 Å². The lowest BCUT2D eigenvalue weighted by Crippen LogP contribution is -2.50. The molecule has 7 nitrogen and oxygen atoms in total. The third-order valence-electron chi connectivity index (χ3n) is 7.70. The molecule has 0 aliphatic carbocycles. The zero-order chi connectivity index (χ0) is 22.3. The molecule has 0 spiro atoms. The normalized spacial score (nSPS) is 27.7. The Morgan fingerprint density at radius 1 is 1.06 bits per heavy atom. The number of rotatable bonds is 6. The number of piperidine rings is 1. The molecule has 1 amide bonds. The van der Waals surface area contributed by atoms with Crippen LogP contribution in [0, 0.1) is 5.92 Å². The number of hydrogen-bond acceptors (Lipinski definition) is 6. The first-order valence-electron chi connectivity index (χ1n) is 12.8. The molecular weight excluding hydrogens is 402 g/mol. The molecule has 4 rings (SSSR count). The van der Waals surface area contributed by atoms with Gasteiger partial charge in [0, 0.05) is 51.5 Å². The van der Waals surface area contributed by atoms with Crippen molar-refractivity contribution in [1.82, 2.24) is 25.3 Å². The Labute approximate surface area is 194 Å². The van der Waals surface area contributed by atoms with Gasteiger partial charge in [0.1, 0.15) is 5.70 Å². The Kier molecular flexibility index (Phi) is 8.63. The molecule has 2 N–H and O–H groups in total. The minimum absolute atomic E-state index is 0.0132. The minimum atomic E-state index is 0.0132. The van der Waals surface area contributed by atoms with Crippen molar-refractivity contribution < 1.29 is 9.53 Å². The van der Waals surface area contributed by atoms with E-state index in [-0.39, 0.29) is 12.1 Å². The molecule has 1 atom stereocenters. The first-order valence-corrected chi connectivity index (χ1v) is 12.8. The SMILES string of the molecule is CC(C)N1CCC(N2CCCN(C3C=CC=C(C(=O)NCC4CCOCC4)N3)CC2)CC1. The summed E-state index contributed by atoms with van der Waals surface area (Å²) < 4.78 is 5.42. The fourth-order valence-corrected chi connectivity index (χ4v) is 5.52. The number of nitrogens with zero attached hydrogens (tertiary/aromatic N) is 3. The van der Waals surface area contributed by atoms with E-state index in [1.807, 2.05) is 12.2 Å². The highest BCUT2D eigenvalue weighted by Crippen LogP contribution is 2.21. The van der Waals surface area contributed by atoms with Crippen molar-refractivity contribution in [3.05, 3.63) is 23.9 Å². The van der Waals surface area contributed by atoms with Crippen LogP contribution in [0.2, 0.25) is 0 Å². The Balaban J connectivity index is 1.22. The number of nitrogens with one attached hydrogen (secondary N) is 2. The van der Waals surface area contributed by atoms with Gasteiger partial charge in [-0.2, -0.15) is 0 Å². The number of carbonyl (C=O) groups is 1. The molecule has 0 aromatic heterocycles. The standard InChI is InChI=1S/C25H43N5O2/c1-20(2)28-13-7-22(8-14-28)29-11-4-12-30(16-15-29)24-6-3-5-23(27-24)25(31)26-19-21-9-17-32-18-10-21/h3,5-6,20-22,24,27H,4,7-19H2,1-2H3,(H,26,31). The lowest BCUT2D eigenvalue weighted by atomic mass is 10.0. The van der Waals surface area contributed by atoms with Crippen molar-refractivity contribution in [3.8, 4) is 0 Å². The number of ether oxygens (including phenoxy) is 1. The van der Waals surface area contributed by atoms with E-state index in [9.17, 15) is 4.79 Å². The Morgan fingerprint density at radius 3 is 2.53 bits per heavy atom. The lowest BCUT2D eigenvalue weighted by Gasteiger charge is -2.39. The van der Waals surface area contributed by atoms with Crippen LogP contribution in [0.3, 0.4) is 0 Å². The molecule has 0 saturated carbocycles. The number of carbonyl (C=O) groups excluding carboxylic acids is 1. The van der Waals surface area contributed by atoms with Gasteiger partial charge < -0.3 is 20.3 Å². The average Bonchev–Trinajstić information content (AvgIpc) is 3.10. The van der Waals surface area contributed by atoms with Gasteiger partial charge in [-0.3, -0.25) is 14.6 Å². The van der Waals surface area contributed by atoms with Gasteiger partial charge in [0.25, 0.3) is 5.91 Å². The summed E-state index contributed by atoms with van der Waals surface area (Å²) in [4.78, 5) is 20.6. The molecule has 1 unspecified atom stereocenters. The summed E-state index contributed by atoms with van der Waals surface area (Å²) in [6, 6.07) is 1.39.